The lowest BCUT2D eigenvalue weighted by atomic mass is 10.0. The van der Waals surface area contributed by atoms with Gasteiger partial charge in [-0.2, -0.15) is 0 Å². The van der Waals surface area contributed by atoms with E-state index < -0.39 is 18.0 Å². The molecule has 0 aliphatic carbocycles. The average molecular weight is 892 g/mol. The Balaban J connectivity index is 3.62. The molecule has 20 heteroatoms. The first-order valence-electron chi connectivity index (χ1n) is 22.3. The molecule has 0 rings (SSSR count). The summed E-state index contributed by atoms with van der Waals surface area (Å²) in [6.07, 6.45) is 15.4. The van der Waals surface area contributed by atoms with Crippen LogP contribution in [0.1, 0.15) is 116 Å². The van der Waals surface area contributed by atoms with Gasteiger partial charge < -0.3 is 65.2 Å². The number of nitrogens with one attached hydrogen (secondary N) is 5. The highest BCUT2D eigenvalue weighted by atomic mass is 16.5. The van der Waals surface area contributed by atoms with Gasteiger partial charge in [0.15, 0.2) is 0 Å². The van der Waals surface area contributed by atoms with Crippen LogP contribution < -0.4 is 26.6 Å². The summed E-state index contributed by atoms with van der Waals surface area (Å²) in [6.45, 7) is 2.56. The molecule has 0 aliphatic heterocycles. The summed E-state index contributed by atoms with van der Waals surface area (Å²) in [5.41, 5.74) is 0. The van der Waals surface area contributed by atoms with Crippen molar-refractivity contribution in [1.29, 1.82) is 0 Å². The van der Waals surface area contributed by atoms with Crippen molar-refractivity contribution in [1.82, 2.24) is 26.6 Å². The number of hydrogen-bond donors (Lipinski definition) is 7. The Bertz CT molecular complexity index is 1200. The molecule has 0 saturated heterocycles. The predicted molar refractivity (Wildman–Crippen MR) is 228 cm³/mol. The maximum Gasteiger partial charge on any atom is 0.326 e. The highest BCUT2D eigenvalue weighted by molar-refractivity contribution is 5.84. The number of aliphatic carboxylic acids is 2. The number of likely N-dealkylation sites (N-methyl/N-ethyl adjacent to an activating group) is 1. The zero-order chi connectivity index (χ0) is 45.7. The molecule has 0 aromatic rings. The van der Waals surface area contributed by atoms with Crippen LogP contribution in [0.4, 0.5) is 0 Å². The molecule has 0 radical (unpaired) electrons. The van der Waals surface area contributed by atoms with Crippen LogP contribution in [0.15, 0.2) is 0 Å². The molecule has 7 N–H and O–H groups in total. The van der Waals surface area contributed by atoms with Crippen molar-refractivity contribution in [3.8, 4) is 0 Å². The summed E-state index contributed by atoms with van der Waals surface area (Å²) in [7, 11) is 1.52. The van der Waals surface area contributed by atoms with E-state index in [9.17, 15) is 38.7 Å². The van der Waals surface area contributed by atoms with E-state index in [1.54, 1.807) is 0 Å². The van der Waals surface area contributed by atoms with E-state index in [1.807, 2.05) is 0 Å². The lowest BCUT2D eigenvalue weighted by molar-refractivity contribution is -0.142. The largest absolute Gasteiger partial charge is 0.481 e. The first-order chi connectivity index (χ1) is 30.0. The fourth-order valence-corrected chi connectivity index (χ4v) is 5.69. The van der Waals surface area contributed by atoms with E-state index in [1.165, 1.54) is 52.0 Å². The Morgan fingerprint density at radius 3 is 1.15 bits per heavy atom. The van der Waals surface area contributed by atoms with Gasteiger partial charge in [0.25, 0.3) is 0 Å². The van der Waals surface area contributed by atoms with E-state index in [0.29, 0.717) is 26.2 Å². The third-order valence-corrected chi connectivity index (χ3v) is 9.14. The number of amides is 5. The minimum absolute atomic E-state index is 0.0300. The molecule has 62 heavy (non-hydrogen) atoms. The monoisotopic (exact) mass is 892 g/mol. The lowest BCUT2D eigenvalue weighted by Gasteiger charge is -2.14. The van der Waals surface area contributed by atoms with Crippen molar-refractivity contribution in [2.75, 3.05) is 106 Å². The van der Waals surface area contributed by atoms with E-state index in [2.05, 4.69) is 26.6 Å². The van der Waals surface area contributed by atoms with Gasteiger partial charge in [-0.15, -0.1) is 0 Å². The number of carboxylic acid groups (broad SMARTS) is 2. The third kappa shape index (κ3) is 42.7. The molecule has 0 unspecified atom stereocenters. The Hall–Kier alpha value is -3.95. The van der Waals surface area contributed by atoms with Gasteiger partial charge in [-0.3, -0.25) is 28.8 Å². The number of unbranched alkanes of at least 4 members (excludes halogenated alkanes) is 13. The molecular weight excluding hydrogens is 814 g/mol. The van der Waals surface area contributed by atoms with Crippen LogP contribution in [0, 0.1) is 0 Å². The summed E-state index contributed by atoms with van der Waals surface area (Å²) in [5, 5.41) is 31.1. The summed E-state index contributed by atoms with van der Waals surface area (Å²) in [6, 6.07) is -1.14. The molecular formula is C42H77N5O15. The Morgan fingerprint density at radius 1 is 0.403 bits per heavy atom. The van der Waals surface area contributed by atoms with Gasteiger partial charge in [-0.05, 0) is 19.3 Å². The fourth-order valence-electron chi connectivity index (χ4n) is 5.69. The molecule has 0 aromatic heterocycles. The van der Waals surface area contributed by atoms with Gasteiger partial charge in [0.2, 0.25) is 29.5 Å². The molecule has 0 aromatic carbocycles. The quantitative estimate of drug-likeness (QED) is 0.0430. The second kappa shape index (κ2) is 43.7. The van der Waals surface area contributed by atoms with Gasteiger partial charge in [-0.1, -0.05) is 77.0 Å². The SMILES string of the molecule is CNC(=O)COCCOCCNC(=O)COCCOCCNC(=O)COCCOCCNC(=O)CC[C@H](NC(=O)CCCCCCCCCCCCCCCCC(=O)O)C(=O)O. The summed E-state index contributed by atoms with van der Waals surface area (Å²) in [4.78, 5) is 81.3. The zero-order valence-electron chi connectivity index (χ0n) is 37.1. The predicted octanol–water partition coefficient (Wildman–Crippen LogP) is 1.86. The van der Waals surface area contributed by atoms with E-state index in [0.717, 1.165) is 38.5 Å². The fraction of sp³-hybridized carbons (Fsp3) is 0.833. The number of carbonyl (C=O) groups excluding carboxylic acids is 5. The number of ether oxygens (including phenoxy) is 6. The van der Waals surface area contributed by atoms with Gasteiger partial charge in [0, 0.05) is 45.9 Å². The summed E-state index contributed by atoms with van der Waals surface area (Å²) >= 11 is 0. The summed E-state index contributed by atoms with van der Waals surface area (Å²) < 4.78 is 31.6. The van der Waals surface area contributed by atoms with Crippen LogP contribution in [0.2, 0.25) is 0 Å². The molecule has 0 bridgehead atoms. The van der Waals surface area contributed by atoms with Crippen molar-refractivity contribution < 1.29 is 72.2 Å². The first kappa shape index (κ1) is 58.0. The summed E-state index contributed by atoms with van der Waals surface area (Å²) in [5.74, 6) is -3.43. The molecule has 1 atom stereocenters. The second-order valence-corrected chi connectivity index (χ2v) is 14.6. The van der Waals surface area contributed by atoms with Gasteiger partial charge in [0.05, 0.1) is 59.5 Å². The highest BCUT2D eigenvalue weighted by Crippen LogP contribution is 2.14. The molecule has 5 amide bonds. The minimum atomic E-state index is -1.19. The van der Waals surface area contributed by atoms with E-state index >= 15 is 0 Å². The Labute approximate surface area is 367 Å². The molecule has 360 valence electrons. The number of rotatable bonds is 46. The molecule has 0 fully saturated rings. The molecule has 0 spiro atoms. The Morgan fingerprint density at radius 2 is 0.758 bits per heavy atom. The first-order valence-corrected chi connectivity index (χ1v) is 22.3. The maximum atomic E-state index is 12.3. The molecule has 0 heterocycles. The Kier molecular flexibility index (Phi) is 40.9. The average Bonchev–Trinajstić information content (AvgIpc) is 3.24. The van der Waals surface area contributed by atoms with Crippen LogP contribution in [-0.4, -0.2) is 164 Å². The van der Waals surface area contributed by atoms with Crippen LogP contribution in [0.25, 0.3) is 0 Å². The zero-order valence-corrected chi connectivity index (χ0v) is 37.1. The maximum absolute atomic E-state index is 12.3. The lowest BCUT2D eigenvalue weighted by Crippen LogP contribution is -2.41. The van der Waals surface area contributed by atoms with Crippen molar-refractivity contribution in [2.45, 2.75) is 122 Å². The van der Waals surface area contributed by atoms with Crippen LogP contribution in [-0.2, 0) is 62.0 Å². The van der Waals surface area contributed by atoms with Gasteiger partial charge in [0.1, 0.15) is 25.9 Å². The van der Waals surface area contributed by atoms with Crippen molar-refractivity contribution in [3.63, 3.8) is 0 Å². The van der Waals surface area contributed by atoms with Gasteiger partial charge in [-0.25, -0.2) is 4.79 Å². The van der Waals surface area contributed by atoms with E-state index in [-0.39, 0.29) is 134 Å². The number of hydrogen-bond acceptors (Lipinski definition) is 13. The van der Waals surface area contributed by atoms with Crippen LogP contribution in [0.5, 0.6) is 0 Å². The van der Waals surface area contributed by atoms with Crippen LogP contribution in [0.3, 0.4) is 0 Å². The minimum Gasteiger partial charge on any atom is -0.481 e. The molecule has 20 nitrogen and oxygen atoms in total. The third-order valence-electron chi connectivity index (χ3n) is 9.14. The standard InChI is InChI=1S/C42H77N5O15/c1-43-38(50)32-60-29-26-58-24-21-45-40(52)34-62-31-28-59-25-22-46-39(51)33-61-30-27-57-23-20-44-36(48)19-18-35(42(55)56)47-37(49)16-14-12-10-8-6-4-2-3-5-7-9-11-13-15-17-41(53)54/h35H,2-34H2,1H3,(H,43,50)(H,44,48)(H,45,52)(H,46,51)(H,47,49)(H,53,54)(H,55,56)/t35-/m0/s1. The second-order valence-electron chi connectivity index (χ2n) is 14.6. The molecule has 0 saturated carbocycles. The highest BCUT2D eigenvalue weighted by Gasteiger charge is 2.20. The normalized spacial score (nSPS) is 11.4. The smallest absolute Gasteiger partial charge is 0.326 e. The van der Waals surface area contributed by atoms with E-state index in [4.69, 9.17) is 33.5 Å². The molecule has 0 aliphatic rings. The number of carboxylic acids is 2. The van der Waals surface area contributed by atoms with Crippen molar-refractivity contribution in [2.24, 2.45) is 0 Å². The van der Waals surface area contributed by atoms with Crippen molar-refractivity contribution in [3.05, 3.63) is 0 Å². The van der Waals surface area contributed by atoms with Crippen LogP contribution >= 0.6 is 0 Å². The topological polar surface area (TPSA) is 275 Å². The number of carbonyl (C=O) groups is 7. The van der Waals surface area contributed by atoms with Gasteiger partial charge >= 0.3 is 11.9 Å². The van der Waals surface area contributed by atoms with Crippen molar-refractivity contribution >= 4 is 41.5 Å².